The van der Waals surface area contributed by atoms with Crippen LogP contribution in [0.3, 0.4) is 0 Å². The molecule has 0 heterocycles. The third-order valence-corrected chi connectivity index (χ3v) is 3.39. The molecule has 0 aromatic heterocycles. The van der Waals surface area contributed by atoms with Crippen molar-refractivity contribution in [1.82, 2.24) is 0 Å². The van der Waals surface area contributed by atoms with Crippen molar-refractivity contribution in [2.45, 2.75) is 33.2 Å². The molecule has 128 valence electrons. The number of nitrogens with one attached hydrogen (secondary N) is 3. The molecular formula is C17H23N5OS. The van der Waals surface area contributed by atoms with Gasteiger partial charge >= 0.3 is 0 Å². The molecular weight excluding hydrogens is 322 g/mol. The van der Waals surface area contributed by atoms with Crippen LogP contribution in [0.4, 0.5) is 11.4 Å². The van der Waals surface area contributed by atoms with Crippen LogP contribution in [-0.2, 0) is 4.79 Å². The van der Waals surface area contributed by atoms with Crippen molar-refractivity contribution >= 4 is 35.6 Å². The first-order valence-electron chi connectivity index (χ1n) is 7.55. The topological polar surface area (TPSA) is 115 Å². The molecule has 0 saturated carbocycles. The Hall–Kier alpha value is -2.46. The van der Waals surface area contributed by atoms with Crippen LogP contribution in [0.2, 0.25) is 0 Å². The first-order valence-corrected chi connectivity index (χ1v) is 8.00. The number of nitrogens with zero attached hydrogens (tertiary/aromatic N) is 1. The highest BCUT2D eigenvalue weighted by atomic mass is 32.1. The second kappa shape index (κ2) is 8.99. The predicted molar refractivity (Wildman–Crippen MR) is 101 cm³/mol. The van der Waals surface area contributed by atoms with E-state index in [1.807, 2.05) is 13.8 Å². The number of allylic oxidation sites excluding steroid dienone is 1. The zero-order valence-electron chi connectivity index (χ0n) is 14.1. The van der Waals surface area contributed by atoms with Crippen LogP contribution in [0.1, 0.15) is 32.8 Å². The Morgan fingerprint density at radius 3 is 2.67 bits per heavy atom. The van der Waals surface area contributed by atoms with E-state index in [0.717, 1.165) is 0 Å². The number of thiol groups is 1. The average Bonchev–Trinajstić information content (AvgIpc) is 2.45. The van der Waals surface area contributed by atoms with Crippen LogP contribution in [0.15, 0.2) is 29.3 Å². The lowest BCUT2D eigenvalue weighted by molar-refractivity contribution is -0.119. The summed E-state index contributed by atoms with van der Waals surface area (Å²) in [5, 5.41) is 23.2. The standard InChI is InChI=1S/C17H23N5OS/c1-10(2)6-15(17(20)23)21-13-5-4-12(9-18)14(8-13)22-16(24)7-11(3)19/h4-5,7-8,10,15,19,21-22,24H,6H2,1-3H3,(H2,20,23)/b16-7-,19-11?/t15-/m1/s1. The highest BCUT2D eigenvalue weighted by Crippen LogP contribution is 2.24. The van der Waals surface area contributed by atoms with E-state index in [2.05, 4.69) is 29.3 Å². The molecule has 0 aliphatic heterocycles. The van der Waals surface area contributed by atoms with E-state index in [9.17, 15) is 10.1 Å². The van der Waals surface area contributed by atoms with Gasteiger partial charge in [-0.1, -0.05) is 13.8 Å². The zero-order chi connectivity index (χ0) is 18.3. The summed E-state index contributed by atoms with van der Waals surface area (Å²) in [5.41, 5.74) is 7.43. The molecule has 1 aromatic rings. The van der Waals surface area contributed by atoms with E-state index in [0.29, 0.717) is 40.0 Å². The van der Waals surface area contributed by atoms with Crippen molar-refractivity contribution in [1.29, 1.82) is 10.7 Å². The quantitative estimate of drug-likeness (QED) is 0.368. The number of nitriles is 1. The average molecular weight is 345 g/mol. The Morgan fingerprint density at radius 1 is 1.50 bits per heavy atom. The molecule has 7 heteroatoms. The fraction of sp³-hybridized carbons (Fsp3) is 0.353. The molecule has 0 saturated heterocycles. The number of primary amides is 1. The lowest BCUT2D eigenvalue weighted by Crippen LogP contribution is -2.36. The number of nitrogens with two attached hydrogens (primary N) is 1. The summed E-state index contributed by atoms with van der Waals surface area (Å²) in [6.07, 6.45) is 2.15. The van der Waals surface area contributed by atoms with Crippen molar-refractivity contribution in [3.05, 3.63) is 34.9 Å². The molecule has 1 rings (SSSR count). The fourth-order valence-corrected chi connectivity index (χ4v) is 2.45. The highest BCUT2D eigenvalue weighted by molar-refractivity contribution is 7.84. The van der Waals surface area contributed by atoms with E-state index in [4.69, 9.17) is 11.1 Å². The van der Waals surface area contributed by atoms with Gasteiger partial charge in [0, 0.05) is 11.4 Å². The highest BCUT2D eigenvalue weighted by Gasteiger charge is 2.17. The SMILES string of the molecule is CC(=N)/C=C(\S)Nc1cc(N[C@H](CC(C)C)C(N)=O)ccc1C#N. The summed E-state index contributed by atoms with van der Waals surface area (Å²) in [5.74, 6) is -0.106. The molecule has 0 fully saturated rings. The molecule has 0 bridgehead atoms. The number of amides is 1. The number of rotatable bonds is 8. The van der Waals surface area contributed by atoms with E-state index in [-0.39, 0.29) is 0 Å². The third kappa shape index (κ3) is 6.34. The van der Waals surface area contributed by atoms with Gasteiger partial charge in [0.2, 0.25) is 5.91 Å². The largest absolute Gasteiger partial charge is 0.374 e. The molecule has 0 unspecified atom stereocenters. The third-order valence-electron chi connectivity index (χ3n) is 3.15. The Bertz CT molecular complexity index is 691. The fourth-order valence-electron chi connectivity index (χ4n) is 2.13. The minimum Gasteiger partial charge on any atom is -0.374 e. The molecule has 1 atom stereocenters. The second-order valence-corrected chi connectivity index (χ2v) is 6.42. The Balaban J connectivity index is 3.06. The maximum absolute atomic E-state index is 11.6. The van der Waals surface area contributed by atoms with Crippen molar-refractivity contribution in [3.8, 4) is 6.07 Å². The van der Waals surface area contributed by atoms with Crippen LogP contribution >= 0.6 is 12.6 Å². The van der Waals surface area contributed by atoms with Gasteiger partial charge in [0.05, 0.1) is 16.3 Å². The number of carbonyl (C=O) groups excluding carboxylic acids is 1. The summed E-state index contributed by atoms with van der Waals surface area (Å²) < 4.78 is 0. The number of hydrogen-bond acceptors (Lipinski definition) is 6. The van der Waals surface area contributed by atoms with Gasteiger partial charge < -0.3 is 21.8 Å². The lowest BCUT2D eigenvalue weighted by Gasteiger charge is -2.19. The first kappa shape index (κ1) is 19.6. The number of anilines is 2. The molecule has 1 aromatic carbocycles. The van der Waals surface area contributed by atoms with Crippen LogP contribution in [0, 0.1) is 22.7 Å². The van der Waals surface area contributed by atoms with Crippen molar-refractivity contribution < 1.29 is 4.79 Å². The van der Waals surface area contributed by atoms with Crippen LogP contribution in [0.5, 0.6) is 0 Å². The van der Waals surface area contributed by atoms with Gasteiger partial charge in [-0.25, -0.2) is 0 Å². The maximum atomic E-state index is 11.6. The molecule has 6 nitrogen and oxygen atoms in total. The number of hydrogen-bond donors (Lipinski definition) is 5. The van der Waals surface area contributed by atoms with Gasteiger partial charge in [-0.3, -0.25) is 4.79 Å². The molecule has 0 aliphatic carbocycles. The summed E-state index contributed by atoms with van der Waals surface area (Å²) >= 11 is 4.25. The molecule has 5 N–H and O–H groups in total. The van der Waals surface area contributed by atoms with Gasteiger partial charge in [-0.2, -0.15) is 5.26 Å². The van der Waals surface area contributed by atoms with E-state index < -0.39 is 11.9 Å². The van der Waals surface area contributed by atoms with Gasteiger partial charge in [-0.15, -0.1) is 12.6 Å². The first-order chi connectivity index (χ1) is 11.2. The van der Waals surface area contributed by atoms with Crippen molar-refractivity contribution in [3.63, 3.8) is 0 Å². The van der Waals surface area contributed by atoms with E-state index in [1.54, 1.807) is 25.1 Å². The Kier molecular flexibility index (Phi) is 7.33. The molecule has 0 spiro atoms. The molecule has 24 heavy (non-hydrogen) atoms. The van der Waals surface area contributed by atoms with E-state index in [1.165, 1.54) is 6.08 Å². The van der Waals surface area contributed by atoms with Crippen molar-refractivity contribution in [2.24, 2.45) is 11.7 Å². The normalized spacial score (nSPS) is 12.4. The minimum absolute atomic E-state index is 0.313. The minimum atomic E-state index is -0.486. The summed E-state index contributed by atoms with van der Waals surface area (Å²) in [6.45, 7) is 5.66. The van der Waals surface area contributed by atoms with Crippen molar-refractivity contribution in [2.75, 3.05) is 10.6 Å². The lowest BCUT2D eigenvalue weighted by atomic mass is 10.0. The van der Waals surface area contributed by atoms with Crippen LogP contribution in [0.25, 0.3) is 0 Å². The molecule has 1 amide bonds. The predicted octanol–water partition coefficient (Wildman–Crippen LogP) is 3.09. The maximum Gasteiger partial charge on any atom is 0.239 e. The van der Waals surface area contributed by atoms with Gasteiger partial charge in [0.15, 0.2) is 0 Å². The monoisotopic (exact) mass is 345 g/mol. The van der Waals surface area contributed by atoms with E-state index >= 15 is 0 Å². The van der Waals surface area contributed by atoms with Gasteiger partial charge in [-0.05, 0) is 43.5 Å². The van der Waals surface area contributed by atoms with Gasteiger partial charge in [0.25, 0.3) is 0 Å². The zero-order valence-corrected chi connectivity index (χ0v) is 14.9. The van der Waals surface area contributed by atoms with Crippen LogP contribution < -0.4 is 16.4 Å². The molecule has 0 radical (unpaired) electrons. The Labute approximate surface area is 148 Å². The second-order valence-electron chi connectivity index (χ2n) is 5.94. The summed E-state index contributed by atoms with van der Waals surface area (Å²) in [7, 11) is 0. The number of carbonyl (C=O) groups is 1. The summed E-state index contributed by atoms with van der Waals surface area (Å²) in [4.78, 5) is 11.6. The Morgan fingerprint density at radius 2 is 2.17 bits per heavy atom. The summed E-state index contributed by atoms with van der Waals surface area (Å²) in [6, 6.07) is 6.70. The smallest absolute Gasteiger partial charge is 0.239 e. The molecule has 0 aliphatic rings. The number of benzene rings is 1. The van der Waals surface area contributed by atoms with Crippen LogP contribution in [-0.4, -0.2) is 17.7 Å². The van der Waals surface area contributed by atoms with Gasteiger partial charge in [0.1, 0.15) is 12.1 Å².